The van der Waals surface area contributed by atoms with E-state index in [1.54, 1.807) is 18.7 Å². The second-order valence-corrected chi connectivity index (χ2v) is 8.91. The van der Waals surface area contributed by atoms with Crippen LogP contribution in [-0.4, -0.2) is 36.5 Å². The average Bonchev–Trinajstić information content (AvgIpc) is 3.40. The Labute approximate surface area is 182 Å². The number of fused-ring (bicyclic) bond motifs is 1. The molecule has 4 rings (SSSR count). The third kappa shape index (κ3) is 4.21. The predicted molar refractivity (Wildman–Crippen MR) is 122 cm³/mol. The van der Waals surface area contributed by atoms with Crippen LogP contribution in [0.2, 0.25) is 0 Å². The number of carbonyl (C=O) groups is 1. The molecule has 0 unspecified atom stereocenters. The van der Waals surface area contributed by atoms with Crippen molar-refractivity contribution in [1.29, 1.82) is 0 Å². The smallest absolute Gasteiger partial charge is 0.255 e. The van der Waals surface area contributed by atoms with Gasteiger partial charge in [0.1, 0.15) is 16.9 Å². The van der Waals surface area contributed by atoms with E-state index >= 15 is 0 Å². The molecule has 1 aromatic carbocycles. The van der Waals surface area contributed by atoms with Crippen LogP contribution in [-0.2, 0) is 6.42 Å². The first kappa shape index (κ1) is 20.8. The number of aryl methyl sites for hydroxylation is 1. The van der Waals surface area contributed by atoms with Crippen LogP contribution in [0.4, 0.5) is 0 Å². The van der Waals surface area contributed by atoms with Crippen molar-refractivity contribution in [2.45, 2.75) is 47.1 Å². The topological polar surface area (TPSA) is 88.5 Å². The van der Waals surface area contributed by atoms with Gasteiger partial charge in [-0.2, -0.15) is 0 Å². The molecular weight excluding hydrogens is 388 g/mol. The minimum Gasteiger partial charge on any atom is -0.349 e. The molecule has 0 saturated heterocycles. The molecule has 1 amide bonds. The Morgan fingerprint density at radius 1 is 1.23 bits per heavy atom. The number of amides is 1. The number of aromatic nitrogens is 5. The monoisotopic (exact) mass is 416 g/mol. The number of nitrogens with zero attached hydrogens (tertiary/aromatic N) is 4. The van der Waals surface area contributed by atoms with Gasteiger partial charge in [-0.05, 0) is 36.5 Å². The lowest BCUT2D eigenvalue weighted by atomic mass is 9.88. The highest BCUT2D eigenvalue weighted by Crippen LogP contribution is 2.23. The van der Waals surface area contributed by atoms with Crippen LogP contribution >= 0.6 is 0 Å². The molecule has 7 nitrogen and oxygen atoms in total. The summed E-state index contributed by atoms with van der Waals surface area (Å²) < 4.78 is 1.97. The molecule has 1 atom stereocenters. The third-order valence-electron chi connectivity index (χ3n) is 5.73. The van der Waals surface area contributed by atoms with E-state index in [0.717, 1.165) is 12.1 Å². The fourth-order valence-electron chi connectivity index (χ4n) is 3.21. The van der Waals surface area contributed by atoms with Crippen LogP contribution in [0, 0.1) is 5.41 Å². The molecule has 2 N–H and O–H groups in total. The fraction of sp³-hybridized carbons (Fsp3) is 0.333. The van der Waals surface area contributed by atoms with E-state index in [9.17, 15) is 4.79 Å². The molecule has 7 heteroatoms. The highest BCUT2D eigenvalue weighted by atomic mass is 16.1. The van der Waals surface area contributed by atoms with Gasteiger partial charge in [-0.15, -0.1) is 0 Å². The van der Waals surface area contributed by atoms with E-state index in [1.807, 2.05) is 29.8 Å². The minimum atomic E-state index is -0.165. The number of hydrogen-bond acceptors (Lipinski definition) is 4. The summed E-state index contributed by atoms with van der Waals surface area (Å²) >= 11 is 0. The summed E-state index contributed by atoms with van der Waals surface area (Å²) in [5.41, 5.74) is 5.19. The lowest BCUT2D eigenvalue weighted by Crippen LogP contribution is -2.41. The zero-order chi connectivity index (χ0) is 22.2. The van der Waals surface area contributed by atoms with Crippen molar-refractivity contribution in [1.82, 2.24) is 29.8 Å². The molecule has 0 saturated carbocycles. The third-order valence-corrected chi connectivity index (χ3v) is 5.73. The Hall–Kier alpha value is -3.48. The molecule has 0 aliphatic carbocycles. The normalized spacial score (nSPS) is 12.8. The van der Waals surface area contributed by atoms with Gasteiger partial charge < -0.3 is 14.9 Å². The average molecular weight is 417 g/mol. The van der Waals surface area contributed by atoms with Gasteiger partial charge >= 0.3 is 0 Å². The van der Waals surface area contributed by atoms with Gasteiger partial charge in [0.05, 0.1) is 18.1 Å². The highest BCUT2D eigenvalue weighted by Gasteiger charge is 2.24. The zero-order valence-electron chi connectivity index (χ0n) is 18.6. The molecule has 0 radical (unpaired) electrons. The number of rotatable bonds is 5. The number of benzene rings is 1. The number of hydrogen-bond donors (Lipinski definition) is 2. The van der Waals surface area contributed by atoms with Gasteiger partial charge in [-0.3, -0.25) is 4.79 Å². The summed E-state index contributed by atoms with van der Waals surface area (Å²) in [6, 6.07) is 8.36. The van der Waals surface area contributed by atoms with Crippen molar-refractivity contribution >= 4 is 17.1 Å². The summed E-state index contributed by atoms with van der Waals surface area (Å²) in [4.78, 5) is 29.6. The number of imidazole rings is 1. The highest BCUT2D eigenvalue weighted by molar-refractivity contribution is 6.04. The van der Waals surface area contributed by atoms with E-state index < -0.39 is 0 Å². The molecule has 0 spiro atoms. The lowest BCUT2D eigenvalue weighted by molar-refractivity contribution is 0.0911. The van der Waals surface area contributed by atoms with Crippen molar-refractivity contribution in [2.75, 3.05) is 0 Å². The summed E-state index contributed by atoms with van der Waals surface area (Å²) in [5, 5.41) is 3.06. The van der Waals surface area contributed by atoms with Crippen LogP contribution in [0.5, 0.6) is 0 Å². The first-order valence-electron chi connectivity index (χ1n) is 10.5. The van der Waals surface area contributed by atoms with Gasteiger partial charge in [0.25, 0.3) is 5.91 Å². The van der Waals surface area contributed by atoms with E-state index in [2.05, 4.69) is 60.1 Å². The van der Waals surface area contributed by atoms with Gasteiger partial charge in [0, 0.05) is 24.1 Å². The second-order valence-electron chi connectivity index (χ2n) is 8.91. The lowest BCUT2D eigenvalue weighted by Gasteiger charge is -2.27. The molecule has 3 heterocycles. The van der Waals surface area contributed by atoms with Crippen LogP contribution < -0.4 is 5.32 Å². The molecule has 0 aliphatic rings. The molecular formula is C24H28N6O. The molecule has 31 heavy (non-hydrogen) atoms. The Morgan fingerprint density at radius 3 is 2.77 bits per heavy atom. The summed E-state index contributed by atoms with van der Waals surface area (Å²) in [6.07, 6.45) is 8.01. The van der Waals surface area contributed by atoms with E-state index in [0.29, 0.717) is 28.1 Å². The van der Waals surface area contributed by atoms with Crippen molar-refractivity contribution in [3.63, 3.8) is 0 Å². The molecule has 160 valence electrons. The van der Waals surface area contributed by atoms with E-state index in [-0.39, 0.29) is 17.4 Å². The zero-order valence-corrected chi connectivity index (χ0v) is 18.6. The van der Waals surface area contributed by atoms with Crippen molar-refractivity contribution < 1.29 is 4.79 Å². The number of nitrogens with one attached hydrogen (secondary N) is 2. The van der Waals surface area contributed by atoms with E-state index in [1.165, 1.54) is 5.56 Å². The Balaban J connectivity index is 1.65. The second kappa shape index (κ2) is 7.98. The Morgan fingerprint density at radius 2 is 2.03 bits per heavy atom. The quantitative estimate of drug-likeness (QED) is 0.500. The predicted octanol–water partition coefficient (Wildman–Crippen LogP) is 4.54. The maximum absolute atomic E-state index is 12.9. The maximum Gasteiger partial charge on any atom is 0.255 e. The maximum atomic E-state index is 12.9. The molecule has 0 bridgehead atoms. The van der Waals surface area contributed by atoms with Gasteiger partial charge in [-0.25, -0.2) is 15.0 Å². The van der Waals surface area contributed by atoms with Crippen LogP contribution in [0.25, 0.3) is 28.2 Å². The molecule has 3 aromatic heterocycles. The Kier molecular flexibility index (Phi) is 5.35. The van der Waals surface area contributed by atoms with Crippen molar-refractivity contribution in [3.8, 4) is 17.1 Å². The molecule has 0 fully saturated rings. The number of carbonyl (C=O) groups excluding carboxylic acids is 1. The van der Waals surface area contributed by atoms with Gasteiger partial charge in [0.2, 0.25) is 0 Å². The number of aromatic amines is 1. The summed E-state index contributed by atoms with van der Waals surface area (Å²) in [7, 11) is 0. The van der Waals surface area contributed by atoms with Crippen molar-refractivity contribution in [2.24, 2.45) is 5.41 Å². The number of H-pyrrole nitrogens is 1. The summed E-state index contributed by atoms with van der Waals surface area (Å²) in [6.45, 7) is 10.4. The standard InChI is InChI=1S/C24H28N6O/c1-6-16-8-7-9-17(10-16)30-13-20(27-14-30)19-12-26-22-21(29-19)18(11-25-22)23(31)28-15(2)24(3,4)5/h7-15H,6H2,1-5H3,(H,25,26)(H,28,31)/t15-/m0/s1. The van der Waals surface area contributed by atoms with Crippen LogP contribution in [0.1, 0.15) is 50.5 Å². The SMILES string of the molecule is CCc1cccc(-n2cnc(-c3cnc4[nH]cc(C(=O)N[C@@H](C)C(C)(C)C)c4n3)c2)c1. The van der Waals surface area contributed by atoms with Gasteiger partial charge in [-0.1, -0.05) is 39.8 Å². The van der Waals surface area contributed by atoms with Crippen LogP contribution in [0.3, 0.4) is 0 Å². The minimum absolute atomic E-state index is 0.00988. The first-order valence-corrected chi connectivity index (χ1v) is 10.5. The summed E-state index contributed by atoms with van der Waals surface area (Å²) in [5.74, 6) is -0.165. The molecule has 4 aromatic rings. The van der Waals surface area contributed by atoms with Crippen molar-refractivity contribution in [3.05, 3.63) is 60.3 Å². The van der Waals surface area contributed by atoms with Crippen LogP contribution in [0.15, 0.2) is 49.2 Å². The Bertz CT molecular complexity index is 1230. The fourth-order valence-corrected chi connectivity index (χ4v) is 3.21. The van der Waals surface area contributed by atoms with E-state index in [4.69, 9.17) is 4.98 Å². The first-order chi connectivity index (χ1) is 14.8. The largest absolute Gasteiger partial charge is 0.349 e. The molecule has 0 aliphatic heterocycles. The van der Waals surface area contributed by atoms with Gasteiger partial charge in [0.15, 0.2) is 5.65 Å².